The van der Waals surface area contributed by atoms with Gasteiger partial charge in [0.2, 0.25) is 0 Å². The minimum Gasteiger partial charge on any atom is -0.344 e. The Balaban J connectivity index is 1.57. The Morgan fingerprint density at radius 2 is 1.02 bits per heavy atom. The first-order valence-electron chi connectivity index (χ1n) is 21.0. The average Bonchev–Trinajstić information content (AvgIpc) is 3.60. The maximum absolute atomic E-state index is 6.84. The fourth-order valence-corrected chi connectivity index (χ4v) is 7.60. The summed E-state index contributed by atoms with van der Waals surface area (Å²) in [7, 11) is 4.41. The molecule has 0 bridgehead atoms. The summed E-state index contributed by atoms with van der Waals surface area (Å²) in [4.78, 5) is 2.36. The summed E-state index contributed by atoms with van der Waals surface area (Å²) in [5.74, 6) is 0.529. The first-order valence-corrected chi connectivity index (χ1v) is 21.0. The smallest absolute Gasteiger partial charge is 0.169 e. The van der Waals surface area contributed by atoms with Crippen molar-refractivity contribution in [2.24, 2.45) is 5.92 Å². The van der Waals surface area contributed by atoms with E-state index in [1.165, 1.54) is 148 Å². The Labute approximate surface area is 294 Å². The standard InChI is InChI=1S/C44H81NO2/c1-6-8-10-12-14-15-16-17-18-19-20-21-22-24-28-32-36-44(46-42-38-41(45(4)5)39-43(42)47-44)37-33-29-25-23-27-31-35-40(3)34-30-26-13-11-9-7-2/h14-15,17-18,26,30,40-43H,6-13,16,19-25,27-29,31-39H2,1-5H3/b15-14-,18-17-,30-26-. The lowest BCUT2D eigenvalue weighted by Gasteiger charge is -2.31. The van der Waals surface area contributed by atoms with Gasteiger partial charge < -0.3 is 14.4 Å². The van der Waals surface area contributed by atoms with Crippen LogP contribution in [0, 0.1) is 5.92 Å². The van der Waals surface area contributed by atoms with Crippen LogP contribution in [0.15, 0.2) is 36.5 Å². The normalized spacial score (nSPS) is 23.7. The van der Waals surface area contributed by atoms with Gasteiger partial charge >= 0.3 is 0 Å². The molecule has 0 aromatic heterocycles. The summed E-state index contributed by atoms with van der Waals surface area (Å²) < 4.78 is 13.7. The van der Waals surface area contributed by atoms with E-state index in [1.54, 1.807) is 0 Å². The number of allylic oxidation sites excluding steroid dienone is 6. The Hall–Kier alpha value is -0.900. The number of rotatable bonds is 31. The fraction of sp³-hybridized carbons (Fsp3) is 0.864. The Kier molecular flexibility index (Phi) is 25.1. The molecule has 3 unspecified atom stereocenters. The molecule has 1 aliphatic heterocycles. The van der Waals surface area contributed by atoms with Crippen LogP contribution in [0.4, 0.5) is 0 Å². The van der Waals surface area contributed by atoms with Gasteiger partial charge in [-0.3, -0.25) is 0 Å². The Morgan fingerprint density at radius 1 is 0.574 bits per heavy atom. The van der Waals surface area contributed by atoms with Crippen molar-refractivity contribution in [2.75, 3.05) is 14.1 Å². The first kappa shape index (κ1) is 42.3. The second-order valence-corrected chi connectivity index (χ2v) is 15.6. The molecule has 0 radical (unpaired) electrons. The third-order valence-corrected chi connectivity index (χ3v) is 10.8. The van der Waals surface area contributed by atoms with Crippen molar-refractivity contribution in [1.29, 1.82) is 0 Å². The van der Waals surface area contributed by atoms with E-state index < -0.39 is 0 Å². The fourth-order valence-electron chi connectivity index (χ4n) is 7.60. The van der Waals surface area contributed by atoms with Gasteiger partial charge in [0.1, 0.15) is 0 Å². The molecule has 1 saturated heterocycles. The molecule has 47 heavy (non-hydrogen) atoms. The minimum absolute atomic E-state index is 0.304. The van der Waals surface area contributed by atoms with E-state index in [9.17, 15) is 0 Å². The van der Waals surface area contributed by atoms with Gasteiger partial charge in [0.15, 0.2) is 5.79 Å². The topological polar surface area (TPSA) is 21.7 Å². The lowest BCUT2D eigenvalue weighted by molar-refractivity contribution is -0.193. The first-order chi connectivity index (χ1) is 23.0. The van der Waals surface area contributed by atoms with Gasteiger partial charge in [0, 0.05) is 18.9 Å². The number of hydrogen-bond acceptors (Lipinski definition) is 3. The highest BCUT2D eigenvalue weighted by Crippen LogP contribution is 2.44. The van der Waals surface area contributed by atoms with Crippen molar-refractivity contribution in [1.82, 2.24) is 4.90 Å². The summed E-state index contributed by atoms with van der Waals surface area (Å²) in [6, 6.07) is 0.606. The highest BCUT2D eigenvalue weighted by molar-refractivity contribution is 4.96. The SMILES string of the molecule is CCCCC/C=C\C/C=C\CCCCCCCCC1(CCCCCCCCC(C)C/C=C\CCCCC)OC2CC(N(C)C)CC2O1. The number of hydrogen-bond donors (Lipinski definition) is 0. The van der Waals surface area contributed by atoms with Crippen LogP contribution in [0.1, 0.15) is 201 Å². The van der Waals surface area contributed by atoms with E-state index in [-0.39, 0.29) is 5.79 Å². The van der Waals surface area contributed by atoms with Crippen LogP contribution < -0.4 is 0 Å². The van der Waals surface area contributed by atoms with Gasteiger partial charge in [-0.15, -0.1) is 0 Å². The molecule has 0 amide bonds. The molecule has 274 valence electrons. The van der Waals surface area contributed by atoms with Gasteiger partial charge in [-0.25, -0.2) is 0 Å². The van der Waals surface area contributed by atoms with E-state index in [1.807, 2.05) is 0 Å². The van der Waals surface area contributed by atoms with Crippen LogP contribution in [-0.2, 0) is 9.47 Å². The molecule has 1 heterocycles. The number of nitrogens with zero attached hydrogens (tertiary/aromatic N) is 1. The minimum atomic E-state index is -0.304. The van der Waals surface area contributed by atoms with Crippen LogP contribution in [0.5, 0.6) is 0 Å². The third-order valence-electron chi connectivity index (χ3n) is 10.8. The molecule has 0 aromatic rings. The highest BCUT2D eigenvalue weighted by Gasteiger charge is 2.51. The number of ether oxygens (including phenoxy) is 2. The second-order valence-electron chi connectivity index (χ2n) is 15.6. The van der Waals surface area contributed by atoms with Crippen molar-refractivity contribution < 1.29 is 9.47 Å². The number of unbranched alkanes of at least 4 members (excludes halogenated alkanes) is 17. The van der Waals surface area contributed by atoms with Crippen molar-refractivity contribution in [3.05, 3.63) is 36.5 Å². The molecule has 0 N–H and O–H groups in total. The van der Waals surface area contributed by atoms with Gasteiger partial charge in [-0.05, 0) is 97.1 Å². The van der Waals surface area contributed by atoms with Crippen LogP contribution in [-0.4, -0.2) is 43.0 Å². The van der Waals surface area contributed by atoms with Crippen LogP contribution in [0.3, 0.4) is 0 Å². The Bertz CT molecular complexity index is 787. The van der Waals surface area contributed by atoms with Crippen LogP contribution in [0.2, 0.25) is 0 Å². The molecular weight excluding hydrogens is 574 g/mol. The monoisotopic (exact) mass is 656 g/mol. The van der Waals surface area contributed by atoms with Crippen molar-refractivity contribution in [2.45, 2.75) is 225 Å². The summed E-state index contributed by atoms with van der Waals surface area (Å²) in [6.07, 6.45) is 51.0. The lowest BCUT2D eigenvalue weighted by Crippen LogP contribution is -2.34. The summed E-state index contributed by atoms with van der Waals surface area (Å²) in [6.45, 7) is 6.99. The maximum atomic E-state index is 6.84. The molecule has 3 heteroatoms. The Morgan fingerprint density at radius 3 is 1.53 bits per heavy atom. The predicted molar refractivity (Wildman–Crippen MR) is 207 cm³/mol. The van der Waals surface area contributed by atoms with Gasteiger partial charge in [-0.1, -0.05) is 147 Å². The third kappa shape index (κ3) is 20.4. The van der Waals surface area contributed by atoms with Crippen molar-refractivity contribution in [3.8, 4) is 0 Å². The molecule has 0 aromatic carbocycles. The van der Waals surface area contributed by atoms with E-state index in [2.05, 4.69) is 76.2 Å². The molecule has 2 rings (SSSR count). The molecule has 0 spiro atoms. The highest BCUT2D eigenvalue weighted by atomic mass is 16.8. The van der Waals surface area contributed by atoms with E-state index in [4.69, 9.17) is 9.47 Å². The quantitative estimate of drug-likeness (QED) is 0.0548. The van der Waals surface area contributed by atoms with Gasteiger partial charge in [0.25, 0.3) is 0 Å². The number of fused-ring (bicyclic) bond motifs is 1. The molecule has 3 atom stereocenters. The van der Waals surface area contributed by atoms with Crippen molar-refractivity contribution in [3.63, 3.8) is 0 Å². The maximum Gasteiger partial charge on any atom is 0.169 e. The summed E-state index contributed by atoms with van der Waals surface area (Å²) >= 11 is 0. The van der Waals surface area contributed by atoms with Crippen LogP contribution >= 0.6 is 0 Å². The van der Waals surface area contributed by atoms with Gasteiger partial charge in [-0.2, -0.15) is 0 Å². The zero-order valence-electron chi connectivity index (χ0n) is 32.3. The summed E-state index contributed by atoms with van der Waals surface area (Å²) in [5.41, 5.74) is 0. The second kappa shape index (κ2) is 27.9. The summed E-state index contributed by atoms with van der Waals surface area (Å²) in [5, 5.41) is 0. The zero-order chi connectivity index (χ0) is 33.8. The molecule has 3 nitrogen and oxygen atoms in total. The van der Waals surface area contributed by atoms with E-state index >= 15 is 0 Å². The largest absolute Gasteiger partial charge is 0.344 e. The average molecular weight is 656 g/mol. The zero-order valence-corrected chi connectivity index (χ0v) is 32.3. The van der Waals surface area contributed by atoms with Crippen molar-refractivity contribution >= 4 is 0 Å². The molecule has 2 aliphatic rings. The van der Waals surface area contributed by atoms with E-state index in [0.29, 0.717) is 18.2 Å². The lowest BCUT2D eigenvalue weighted by atomic mass is 9.97. The van der Waals surface area contributed by atoms with E-state index in [0.717, 1.165) is 38.0 Å². The molecule has 1 aliphatic carbocycles. The molecular formula is C44H81NO2. The molecule has 1 saturated carbocycles. The molecule has 2 fully saturated rings. The van der Waals surface area contributed by atoms with Gasteiger partial charge in [0.05, 0.1) is 12.2 Å². The van der Waals surface area contributed by atoms with Crippen LogP contribution in [0.25, 0.3) is 0 Å². The predicted octanol–water partition coefficient (Wildman–Crippen LogP) is 13.7.